The Morgan fingerprint density at radius 1 is 1.19 bits per heavy atom. The molecule has 2 aliphatic rings. The van der Waals surface area contributed by atoms with E-state index in [1.54, 1.807) is 11.3 Å². The van der Waals surface area contributed by atoms with Gasteiger partial charge in [-0.3, -0.25) is 9.80 Å². The molecule has 3 atom stereocenters. The van der Waals surface area contributed by atoms with Gasteiger partial charge in [0.25, 0.3) is 0 Å². The zero-order valence-corrected chi connectivity index (χ0v) is 15.0. The van der Waals surface area contributed by atoms with Crippen molar-refractivity contribution in [1.29, 1.82) is 0 Å². The number of nitrogens with zero attached hydrogens (tertiary/aromatic N) is 2. The first-order valence-electron chi connectivity index (χ1n) is 8.31. The molecule has 1 aromatic rings. The van der Waals surface area contributed by atoms with Gasteiger partial charge in [0.05, 0.1) is 4.34 Å². The summed E-state index contributed by atoms with van der Waals surface area (Å²) in [5.74, 6) is 0.700. The van der Waals surface area contributed by atoms with Gasteiger partial charge in [-0.15, -0.1) is 11.3 Å². The summed E-state index contributed by atoms with van der Waals surface area (Å²) in [7, 11) is 0. The van der Waals surface area contributed by atoms with Gasteiger partial charge in [-0.2, -0.15) is 0 Å². The highest BCUT2D eigenvalue weighted by Crippen LogP contribution is 2.36. The quantitative estimate of drug-likeness (QED) is 0.797. The van der Waals surface area contributed by atoms with Crippen LogP contribution in [-0.2, 0) is 0 Å². The molecule has 0 saturated carbocycles. The summed E-state index contributed by atoms with van der Waals surface area (Å²) in [6.45, 7) is 10.9. The number of piperidine rings is 1. The van der Waals surface area contributed by atoms with Crippen LogP contribution in [0.5, 0.6) is 0 Å². The summed E-state index contributed by atoms with van der Waals surface area (Å²) < 4.78 is 0.911. The molecule has 2 aliphatic heterocycles. The van der Waals surface area contributed by atoms with E-state index in [1.807, 2.05) is 6.07 Å². The first-order valence-corrected chi connectivity index (χ1v) is 9.50. The molecule has 2 fully saturated rings. The molecule has 2 nitrogen and oxygen atoms in total. The average molecular weight is 327 g/mol. The van der Waals surface area contributed by atoms with Crippen molar-refractivity contribution in [3.8, 4) is 0 Å². The number of thiophene rings is 1. The van der Waals surface area contributed by atoms with Crippen LogP contribution in [0.2, 0.25) is 4.34 Å². The minimum absolute atomic E-state index is 0.485. The Bertz CT molecular complexity index is 473. The van der Waals surface area contributed by atoms with E-state index in [0.717, 1.165) is 10.4 Å². The summed E-state index contributed by atoms with van der Waals surface area (Å²) in [6.07, 6.45) is 4.16. The monoisotopic (exact) mass is 326 g/mol. The van der Waals surface area contributed by atoms with Gasteiger partial charge in [-0.1, -0.05) is 31.9 Å². The van der Waals surface area contributed by atoms with E-state index in [2.05, 4.69) is 36.6 Å². The first-order chi connectivity index (χ1) is 10.1. The number of rotatable bonds is 3. The normalized spacial score (nSPS) is 29.6. The van der Waals surface area contributed by atoms with Gasteiger partial charge in [0, 0.05) is 36.1 Å². The maximum Gasteiger partial charge on any atom is 0.0931 e. The van der Waals surface area contributed by atoms with Gasteiger partial charge in [-0.25, -0.2) is 0 Å². The average Bonchev–Trinajstić information content (AvgIpc) is 2.91. The Morgan fingerprint density at radius 2 is 2.00 bits per heavy atom. The largest absolute Gasteiger partial charge is 0.298 e. The van der Waals surface area contributed by atoms with Crippen molar-refractivity contribution in [3.63, 3.8) is 0 Å². The van der Waals surface area contributed by atoms with Crippen LogP contribution in [0.1, 0.15) is 51.0 Å². The molecule has 21 heavy (non-hydrogen) atoms. The van der Waals surface area contributed by atoms with Crippen LogP contribution in [0.4, 0.5) is 0 Å². The maximum atomic E-state index is 6.14. The Hall–Kier alpha value is -0.0900. The third-order valence-electron chi connectivity index (χ3n) is 5.29. The summed E-state index contributed by atoms with van der Waals surface area (Å²) in [5.41, 5.74) is 0. The lowest BCUT2D eigenvalue weighted by Crippen LogP contribution is -2.61. The van der Waals surface area contributed by atoms with E-state index >= 15 is 0 Å². The van der Waals surface area contributed by atoms with Crippen LogP contribution in [0.15, 0.2) is 12.1 Å². The molecule has 3 unspecified atom stereocenters. The third-order valence-corrected chi connectivity index (χ3v) is 6.69. The molecule has 3 heterocycles. The van der Waals surface area contributed by atoms with Crippen molar-refractivity contribution >= 4 is 22.9 Å². The lowest BCUT2D eigenvalue weighted by Gasteiger charge is -2.51. The van der Waals surface area contributed by atoms with Crippen LogP contribution in [0.25, 0.3) is 0 Å². The molecule has 2 saturated heterocycles. The van der Waals surface area contributed by atoms with E-state index < -0.39 is 0 Å². The Balaban J connectivity index is 1.80. The molecule has 0 N–H and O–H groups in total. The van der Waals surface area contributed by atoms with Gasteiger partial charge < -0.3 is 0 Å². The second-order valence-corrected chi connectivity index (χ2v) is 8.72. The van der Waals surface area contributed by atoms with Gasteiger partial charge in [0.15, 0.2) is 0 Å². The molecule has 118 valence electrons. The van der Waals surface area contributed by atoms with E-state index in [-0.39, 0.29) is 0 Å². The zero-order chi connectivity index (χ0) is 15.0. The Labute approximate surface area is 138 Å². The van der Waals surface area contributed by atoms with Crippen molar-refractivity contribution < 1.29 is 0 Å². The Kier molecular flexibility index (Phi) is 4.94. The topological polar surface area (TPSA) is 6.48 Å². The molecular formula is C17H27ClN2S. The summed E-state index contributed by atoms with van der Waals surface area (Å²) in [6, 6.07) is 6.17. The minimum atomic E-state index is 0.485. The lowest BCUT2D eigenvalue weighted by molar-refractivity contribution is -0.0265. The summed E-state index contributed by atoms with van der Waals surface area (Å²) >= 11 is 7.89. The van der Waals surface area contributed by atoms with E-state index in [0.29, 0.717) is 18.0 Å². The van der Waals surface area contributed by atoms with Gasteiger partial charge >= 0.3 is 0 Å². The fourth-order valence-corrected chi connectivity index (χ4v) is 5.12. The fraction of sp³-hybridized carbons (Fsp3) is 0.765. The molecule has 0 aliphatic carbocycles. The summed E-state index contributed by atoms with van der Waals surface area (Å²) in [5, 5.41) is 0. The highest BCUT2D eigenvalue weighted by Gasteiger charge is 2.38. The smallest absolute Gasteiger partial charge is 0.0931 e. The molecule has 1 aromatic heterocycles. The maximum absolute atomic E-state index is 6.14. The van der Waals surface area contributed by atoms with Crippen molar-refractivity contribution in [2.45, 2.75) is 58.2 Å². The van der Waals surface area contributed by atoms with Gasteiger partial charge in [-0.05, 0) is 44.4 Å². The molecule has 0 radical (unpaired) electrons. The molecule has 4 heteroatoms. The highest BCUT2D eigenvalue weighted by atomic mass is 35.5. The van der Waals surface area contributed by atoms with Gasteiger partial charge in [0.1, 0.15) is 0 Å². The lowest BCUT2D eigenvalue weighted by atomic mass is 9.91. The highest BCUT2D eigenvalue weighted by molar-refractivity contribution is 7.16. The van der Waals surface area contributed by atoms with E-state index in [9.17, 15) is 0 Å². The Morgan fingerprint density at radius 3 is 2.67 bits per heavy atom. The fourth-order valence-electron chi connectivity index (χ4n) is 3.99. The van der Waals surface area contributed by atoms with Crippen molar-refractivity contribution in [2.75, 3.05) is 19.6 Å². The molecule has 0 aromatic carbocycles. The summed E-state index contributed by atoms with van der Waals surface area (Å²) in [4.78, 5) is 6.91. The van der Waals surface area contributed by atoms with E-state index in [1.165, 1.54) is 43.8 Å². The second-order valence-electron chi connectivity index (χ2n) is 6.97. The van der Waals surface area contributed by atoms with Gasteiger partial charge in [0.2, 0.25) is 0 Å². The van der Waals surface area contributed by atoms with Crippen LogP contribution in [0, 0.1) is 5.92 Å². The molecule has 0 bridgehead atoms. The number of fused-ring (bicyclic) bond motifs is 1. The standard InChI is InChI=1S/C17H27ClN2S/c1-12(2)15-11-19-9-5-4-6-14(19)10-20(15)13(3)16-7-8-17(18)21-16/h7-8,12-15H,4-6,9-11H2,1-3H3. The first kappa shape index (κ1) is 15.8. The SMILES string of the molecule is CC(C)C1CN2CCCCC2CN1C(C)c1ccc(Cl)s1. The predicted molar refractivity (Wildman–Crippen MR) is 92.3 cm³/mol. The third kappa shape index (κ3) is 3.31. The molecule has 3 rings (SSSR count). The van der Waals surface area contributed by atoms with Crippen molar-refractivity contribution in [1.82, 2.24) is 9.80 Å². The number of halogens is 1. The molecule has 0 spiro atoms. The molecule has 0 amide bonds. The minimum Gasteiger partial charge on any atom is -0.298 e. The predicted octanol–water partition coefficient (Wildman–Crippen LogP) is 4.66. The van der Waals surface area contributed by atoms with Crippen molar-refractivity contribution in [3.05, 3.63) is 21.3 Å². The van der Waals surface area contributed by atoms with E-state index in [4.69, 9.17) is 11.6 Å². The second kappa shape index (κ2) is 6.57. The number of hydrogen-bond donors (Lipinski definition) is 0. The van der Waals surface area contributed by atoms with Crippen molar-refractivity contribution in [2.24, 2.45) is 5.92 Å². The number of piperazine rings is 1. The zero-order valence-electron chi connectivity index (χ0n) is 13.4. The number of hydrogen-bond acceptors (Lipinski definition) is 3. The van der Waals surface area contributed by atoms with Crippen LogP contribution in [-0.4, -0.2) is 41.5 Å². The van der Waals surface area contributed by atoms with Crippen LogP contribution < -0.4 is 0 Å². The molecular weight excluding hydrogens is 300 g/mol. The van der Waals surface area contributed by atoms with Crippen LogP contribution in [0.3, 0.4) is 0 Å². The van der Waals surface area contributed by atoms with Crippen LogP contribution >= 0.6 is 22.9 Å².